The highest BCUT2D eigenvalue weighted by atomic mass is 127. The van der Waals surface area contributed by atoms with Crippen LogP contribution in [0, 0.1) is 9.39 Å². The van der Waals surface area contributed by atoms with Gasteiger partial charge in [-0.2, -0.15) is 13.2 Å². The molecule has 12 heteroatoms. The highest BCUT2D eigenvalue weighted by Crippen LogP contribution is 2.24. The number of ketones is 1. The third kappa shape index (κ3) is 5.20. The van der Waals surface area contributed by atoms with Crippen molar-refractivity contribution in [3.63, 3.8) is 0 Å². The Labute approximate surface area is 169 Å². The molecule has 0 saturated carbocycles. The molecule has 2 N–H and O–H groups in total. The number of anilines is 1. The van der Waals surface area contributed by atoms with Crippen molar-refractivity contribution in [3.05, 3.63) is 51.1 Å². The number of hydrazine groups is 1. The van der Waals surface area contributed by atoms with Crippen LogP contribution < -0.4 is 5.43 Å². The Morgan fingerprint density at radius 2 is 2.00 bits per heavy atom. The molecule has 0 unspecified atom stereocenters. The average Bonchev–Trinajstić information content (AvgIpc) is 2.99. The molecular formula is C16H14F4IN3O4. The van der Waals surface area contributed by atoms with Crippen LogP contribution in [0.5, 0.6) is 0 Å². The number of aryl methyl sites for hydroxylation is 1. The smallest absolute Gasteiger partial charge is 0.394 e. The number of nitrogens with zero attached hydrogens (tertiary/aromatic N) is 2. The highest BCUT2D eigenvalue weighted by Gasteiger charge is 2.41. The van der Waals surface area contributed by atoms with Crippen molar-refractivity contribution in [1.82, 2.24) is 9.74 Å². The molecule has 2 rings (SSSR count). The van der Waals surface area contributed by atoms with Crippen LogP contribution in [0.2, 0.25) is 0 Å². The first kappa shape index (κ1) is 22.1. The number of halogens is 5. The second-order valence-corrected chi connectivity index (χ2v) is 6.69. The van der Waals surface area contributed by atoms with Gasteiger partial charge in [-0.1, -0.05) is 0 Å². The van der Waals surface area contributed by atoms with E-state index in [9.17, 15) is 27.2 Å². The first-order valence-electron chi connectivity index (χ1n) is 7.62. The van der Waals surface area contributed by atoms with Gasteiger partial charge in [0.1, 0.15) is 12.4 Å². The summed E-state index contributed by atoms with van der Waals surface area (Å²) < 4.78 is 53.4. The molecule has 0 saturated heterocycles. The number of benzene rings is 1. The number of hydroxylamine groups is 1. The first-order chi connectivity index (χ1) is 13.0. The number of hydrogen-bond acceptors (Lipinski definition) is 5. The van der Waals surface area contributed by atoms with Crippen molar-refractivity contribution in [2.24, 2.45) is 7.05 Å². The minimum Gasteiger partial charge on any atom is -0.394 e. The van der Waals surface area contributed by atoms with Crippen molar-refractivity contribution in [1.29, 1.82) is 0 Å². The molecule has 28 heavy (non-hydrogen) atoms. The molecule has 0 spiro atoms. The molecule has 0 aliphatic heterocycles. The standard InChI is InChI=1S/C16H14F4IN3O4/c1-23-8-9(6-13(23)14(26)16(18,19)20)15(27)24(28-5-4-25)22-12-3-2-10(21)7-11(12)17/h2-3,6-8,22,25H,4-5H2,1H3. The summed E-state index contributed by atoms with van der Waals surface area (Å²) in [6.45, 7) is -0.834. The molecule has 2 aromatic rings. The topological polar surface area (TPSA) is 83.8 Å². The second-order valence-electron chi connectivity index (χ2n) is 5.44. The van der Waals surface area contributed by atoms with Gasteiger partial charge in [-0.05, 0) is 46.9 Å². The van der Waals surface area contributed by atoms with E-state index >= 15 is 0 Å². The Bertz CT molecular complexity index is 885. The lowest BCUT2D eigenvalue weighted by Crippen LogP contribution is -2.37. The predicted molar refractivity (Wildman–Crippen MR) is 97.7 cm³/mol. The molecule has 0 radical (unpaired) electrons. The molecule has 1 aromatic heterocycles. The molecule has 1 aromatic carbocycles. The fourth-order valence-corrected chi connectivity index (χ4v) is 2.59. The third-order valence-corrected chi connectivity index (χ3v) is 4.06. The third-order valence-electron chi connectivity index (χ3n) is 3.39. The van der Waals surface area contributed by atoms with Gasteiger partial charge in [0.2, 0.25) is 0 Å². The summed E-state index contributed by atoms with van der Waals surface area (Å²) in [5, 5.41) is 9.37. The molecule has 0 atom stereocenters. The van der Waals surface area contributed by atoms with Gasteiger partial charge in [-0.3, -0.25) is 15.0 Å². The fourth-order valence-electron chi connectivity index (χ4n) is 2.13. The average molecular weight is 515 g/mol. The number of nitrogens with one attached hydrogen (secondary N) is 1. The number of rotatable bonds is 7. The number of carbonyl (C=O) groups excluding carboxylic acids is 2. The van der Waals surface area contributed by atoms with Gasteiger partial charge >= 0.3 is 6.18 Å². The zero-order chi connectivity index (χ0) is 21.1. The molecule has 1 amide bonds. The Morgan fingerprint density at radius 1 is 1.32 bits per heavy atom. The largest absolute Gasteiger partial charge is 0.456 e. The number of amides is 1. The zero-order valence-corrected chi connectivity index (χ0v) is 16.4. The van der Waals surface area contributed by atoms with Crippen molar-refractivity contribution < 1.29 is 37.1 Å². The Morgan fingerprint density at radius 3 is 2.57 bits per heavy atom. The van der Waals surface area contributed by atoms with Crippen molar-refractivity contribution >= 4 is 40.0 Å². The molecule has 1 heterocycles. The Kier molecular flexibility index (Phi) is 7.01. The summed E-state index contributed by atoms with van der Waals surface area (Å²) in [6.07, 6.45) is -4.11. The van der Waals surface area contributed by atoms with E-state index in [4.69, 9.17) is 9.94 Å². The summed E-state index contributed by atoms with van der Waals surface area (Å²) in [4.78, 5) is 29.0. The van der Waals surface area contributed by atoms with Crippen LogP contribution in [0.1, 0.15) is 20.8 Å². The fraction of sp³-hybridized carbons (Fsp3) is 0.250. The number of Topliss-reactive ketones (excluding diaryl/α,β-unsaturated/α-hetero) is 1. The van der Waals surface area contributed by atoms with Gasteiger partial charge in [0.15, 0.2) is 0 Å². The lowest BCUT2D eigenvalue weighted by Gasteiger charge is -2.22. The maximum atomic E-state index is 14.0. The van der Waals surface area contributed by atoms with Gasteiger partial charge in [-0.25, -0.2) is 9.23 Å². The lowest BCUT2D eigenvalue weighted by atomic mass is 10.2. The van der Waals surface area contributed by atoms with Crippen LogP contribution in [-0.4, -0.2) is 45.9 Å². The minimum absolute atomic E-state index is 0.144. The second kappa shape index (κ2) is 8.87. The van der Waals surface area contributed by atoms with Crippen molar-refractivity contribution in [2.45, 2.75) is 6.18 Å². The number of aliphatic hydroxyl groups excluding tert-OH is 1. The van der Waals surface area contributed by atoms with Crippen LogP contribution in [-0.2, 0) is 11.9 Å². The lowest BCUT2D eigenvalue weighted by molar-refractivity contribution is -0.115. The van der Waals surface area contributed by atoms with E-state index in [1.807, 2.05) is 22.6 Å². The Hall–Kier alpha value is -2.19. The number of hydrogen-bond donors (Lipinski definition) is 2. The summed E-state index contributed by atoms with van der Waals surface area (Å²) in [6, 6.07) is 4.80. The van der Waals surface area contributed by atoms with Gasteiger partial charge < -0.3 is 9.67 Å². The zero-order valence-electron chi connectivity index (χ0n) is 14.3. The maximum absolute atomic E-state index is 14.0. The van der Waals surface area contributed by atoms with Gasteiger partial charge in [-0.15, -0.1) is 5.17 Å². The number of aliphatic hydroxyl groups is 1. The van der Waals surface area contributed by atoms with E-state index in [-0.39, 0.29) is 17.9 Å². The normalized spacial score (nSPS) is 11.4. The molecule has 7 nitrogen and oxygen atoms in total. The van der Waals surface area contributed by atoms with Crippen molar-refractivity contribution in [2.75, 3.05) is 18.6 Å². The van der Waals surface area contributed by atoms with Gasteiger partial charge in [0.25, 0.3) is 11.7 Å². The van der Waals surface area contributed by atoms with E-state index in [1.165, 1.54) is 19.2 Å². The van der Waals surface area contributed by atoms with Crippen LogP contribution in [0.3, 0.4) is 0 Å². The van der Waals surface area contributed by atoms with Gasteiger partial charge in [0.05, 0.1) is 23.6 Å². The molecule has 0 aliphatic carbocycles. The summed E-state index contributed by atoms with van der Waals surface area (Å²) >= 11 is 1.88. The monoisotopic (exact) mass is 515 g/mol. The number of alkyl halides is 3. The summed E-state index contributed by atoms with van der Waals surface area (Å²) in [5.41, 5.74) is 1.14. The van der Waals surface area contributed by atoms with Crippen LogP contribution >= 0.6 is 22.6 Å². The molecular weight excluding hydrogens is 501 g/mol. The summed E-state index contributed by atoms with van der Waals surface area (Å²) in [5.74, 6) is -3.82. The van der Waals surface area contributed by atoms with Crippen LogP contribution in [0.15, 0.2) is 30.5 Å². The number of carbonyl (C=O) groups is 2. The predicted octanol–water partition coefficient (Wildman–Crippen LogP) is 2.91. The molecule has 0 bridgehead atoms. The molecule has 0 fully saturated rings. The van der Waals surface area contributed by atoms with E-state index in [0.717, 1.165) is 16.8 Å². The summed E-state index contributed by atoms with van der Waals surface area (Å²) in [7, 11) is 1.17. The maximum Gasteiger partial charge on any atom is 0.456 e. The minimum atomic E-state index is -5.11. The Balaban J connectivity index is 2.31. The van der Waals surface area contributed by atoms with Crippen molar-refractivity contribution in [3.8, 4) is 0 Å². The molecule has 152 valence electrons. The van der Waals surface area contributed by atoms with E-state index in [2.05, 4.69) is 5.43 Å². The SMILES string of the molecule is Cn1cc(C(=O)N(Nc2ccc(I)cc2F)OCCO)cc1C(=O)C(F)(F)F. The van der Waals surface area contributed by atoms with Crippen LogP contribution in [0.25, 0.3) is 0 Å². The number of aromatic nitrogens is 1. The first-order valence-corrected chi connectivity index (χ1v) is 8.70. The highest BCUT2D eigenvalue weighted by molar-refractivity contribution is 14.1. The molecule has 0 aliphatic rings. The van der Waals surface area contributed by atoms with E-state index < -0.39 is 36.0 Å². The quantitative estimate of drug-likeness (QED) is 0.257. The van der Waals surface area contributed by atoms with Crippen LogP contribution in [0.4, 0.5) is 23.2 Å². The van der Waals surface area contributed by atoms with E-state index in [1.54, 1.807) is 6.07 Å². The van der Waals surface area contributed by atoms with E-state index in [0.29, 0.717) is 8.74 Å². The van der Waals surface area contributed by atoms with Gasteiger partial charge in [0, 0.05) is 16.8 Å².